The first kappa shape index (κ1) is 32.6. The molecule has 3 aromatic rings. The van der Waals surface area contributed by atoms with Gasteiger partial charge >= 0.3 is 0 Å². The van der Waals surface area contributed by atoms with Crippen molar-refractivity contribution < 1.29 is 24.2 Å². The summed E-state index contributed by atoms with van der Waals surface area (Å²) in [6.07, 6.45) is 0.283. The van der Waals surface area contributed by atoms with Crippen LogP contribution in [0.4, 0.5) is 17.1 Å². The smallest absolute Gasteiger partial charge is 0.255 e. The Hall–Kier alpha value is -4.94. The second-order valence-corrected chi connectivity index (χ2v) is 9.26. The minimum atomic E-state index is -0.353. The number of rotatable bonds is 16. The molecule has 0 aliphatic carbocycles. The van der Waals surface area contributed by atoms with Gasteiger partial charge in [0.1, 0.15) is 11.9 Å². The van der Waals surface area contributed by atoms with Gasteiger partial charge in [-0.1, -0.05) is 18.2 Å². The van der Waals surface area contributed by atoms with Gasteiger partial charge in [0.15, 0.2) is 0 Å². The highest BCUT2D eigenvalue weighted by Crippen LogP contribution is 2.15. The lowest BCUT2D eigenvalue weighted by atomic mass is 10.2. The van der Waals surface area contributed by atoms with Crippen LogP contribution >= 0.6 is 0 Å². The predicted octanol–water partition coefficient (Wildman–Crippen LogP) is 3.66. The first-order valence-electron chi connectivity index (χ1n) is 13.9. The third kappa shape index (κ3) is 13.1. The van der Waals surface area contributed by atoms with Crippen molar-refractivity contribution in [2.24, 2.45) is 9.98 Å². The highest BCUT2D eigenvalue weighted by molar-refractivity contribution is 6.05. The molecular formula is C31H39N7O5. The standard InChI is InChI=1S/C31H39N7O5/c1-23(33-17-19-43-21-20-42-18-16-32-22-39)35-31(38-28-12-14-29(40)15-13-28)36-24(2)34-27-10-8-25(9-11-27)30(41)37-26-6-4-3-5-7-26/h3-15,22,24,34,40H,16-21H2,1-2H3,(H,32,39)(H,37,41)(H2,33,35,36,38). The lowest BCUT2D eigenvalue weighted by molar-refractivity contribution is -0.109. The van der Waals surface area contributed by atoms with Crippen LogP contribution in [0.5, 0.6) is 5.75 Å². The van der Waals surface area contributed by atoms with E-state index in [9.17, 15) is 14.7 Å². The SMILES string of the molecule is CC(=NCCOCCOCCNC=O)N/C(=N\C(C)Nc1ccc(C(=O)Nc2ccccc2)cc1)Nc1ccc(O)cc1. The molecule has 2 amide bonds. The molecule has 1 unspecified atom stereocenters. The van der Waals surface area contributed by atoms with E-state index in [1.54, 1.807) is 36.4 Å². The van der Waals surface area contributed by atoms with Crippen LogP contribution in [0, 0.1) is 0 Å². The minimum absolute atomic E-state index is 0.161. The Kier molecular flexibility index (Phi) is 14.0. The number of nitrogens with zero attached hydrogens (tertiary/aromatic N) is 2. The highest BCUT2D eigenvalue weighted by atomic mass is 16.5. The fourth-order valence-electron chi connectivity index (χ4n) is 3.69. The number of amides is 2. The van der Waals surface area contributed by atoms with Crippen LogP contribution in [0.2, 0.25) is 0 Å². The summed E-state index contributed by atoms with van der Waals surface area (Å²) in [5, 5.41) is 24.8. The zero-order valence-electron chi connectivity index (χ0n) is 24.4. The molecule has 0 aliphatic rings. The van der Waals surface area contributed by atoms with Crippen LogP contribution in [0.15, 0.2) is 88.8 Å². The summed E-state index contributed by atoms with van der Waals surface area (Å²) < 4.78 is 10.9. The van der Waals surface area contributed by atoms with E-state index in [0.29, 0.717) is 63.3 Å². The van der Waals surface area contributed by atoms with Gasteiger partial charge in [0.05, 0.1) is 38.8 Å². The van der Waals surface area contributed by atoms with Crippen LogP contribution in [0.3, 0.4) is 0 Å². The van der Waals surface area contributed by atoms with Crippen LogP contribution in [0.1, 0.15) is 24.2 Å². The molecule has 43 heavy (non-hydrogen) atoms. The average Bonchev–Trinajstić information content (AvgIpc) is 3.00. The molecule has 0 bridgehead atoms. The van der Waals surface area contributed by atoms with Gasteiger partial charge in [0.25, 0.3) is 5.91 Å². The van der Waals surface area contributed by atoms with Crippen molar-refractivity contribution in [1.29, 1.82) is 0 Å². The number of aromatic hydroxyl groups is 1. The number of phenols is 1. The third-order valence-corrected chi connectivity index (χ3v) is 5.74. The van der Waals surface area contributed by atoms with Crippen molar-refractivity contribution in [2.45, 2.75) is 20.0 Å². The number of hydrogen-bond donors (Lipinski definition) is 6. The Morgan fingerprint density at radius 1 is 0.860 bits per heavy atom. The summed E-state index contributed by atoms with van der Waals surface area (Å²) in [4.78, 5) is 32.0. The fraction of sp³-hybridized carbons (Fsp3) is 0.290. The zero-order valence-corrected chi connectivity index (χ0v) is 24.4. The number of guanidine groups is 1. The molecule has 12 heteroatoms. The van der Waals surface area contributed by atoms with Crippen molar-refractivity contribution in [1.82, 2.24) is 10.6 Å². The molecule has 0 radical (unpaired) electrons. The molecule has 228 valence electrons. The van der Waals surface area contributed by atoms with Crippen molar-refractivity contribution in [3.63, 3.8) is 0 Å². The quantitative estimate of drug-likeness (QED) is 0.0486. The number of carbonyl (C=O) groups excluding carboxylic acids is 2. The number of hydrogen-bond acceptors (Lipinski definition) is 8. The van der Waals surface area contributed by atoms with Crippen LogP contribution in [-0.4, -0.2) is 74.9 Å². The minimum Gasteiger partial charge on any atom is -0.508 e. The molecule has 0 aliphatic heterocycles. The van der Waals surface area contributed by atoms with Gasteiger partial charge in [-0.25, -0.2) is 4.99 Å². The molecule has 0 fully saturated rings. The fourth-order valence-corrected chi connectivity index (χ4v) is 3.69. The Labute approximate surface area is 251 Å². The molecule has 0 heterocycles. The maximum absolute atomic E-state index is 12.6. The number of anilines is 3. The van der Waals surface area contributed by atoms with Gasteiger partial charge in [-0.2, -0.15) is 0 Å². The summed E-state index contributed by atoms with van der Waals surface area (Å²) in [7, 11) is 0. The van der Waals surface area contributed by atoms with Gasteiger partial charge < -0.3 is 41.2 Å². The molecule has 3 rings (SSSR count). The van der Waals surface area contributed by atoms with Crippen molar-refractivity contribution in [3.05, 3.63) is 84.4 Å². The molecular weight excluding hydrogens is 550 g/mol. The normalized spacial score (nSPS) is 12.2. The number of phenolic OH excluding ortho intramolecular Hbond substituents is 1. The molecule has 1 atom stereocenters. The zero-order chi connectivity index (χ0) is 30.7. The Balaban J connectivity index is 1.54. The van der Waals surface area contributed by atoms with E-state index < -0.39 is 0 Å². The number of amidine groups is 1. The molecule has 12 nitrogen and oxygen atoms in total. The monoisotopic (exact) mass is 589 g/mol. The van der Waals surface area contributed by atoms with Gasteiger partial charge in [-0.3, -0.25) is 14.6 Å². The average molecular weight is 590 g/mol. The second kappa shape index (κ2) is 18.5. The maximum atomic E-state index is 12.6. The topological polar surface area (TPSA) is 158 Å². The van der Waals surface area contributed by atoms with Gasteiger partial charge in [0, 0.05) is 29.2 Å². The van der Waals surface area contributed by atoms with Gasteiger partial charge in [-0.05, 0) is 74.5 Å². The maximum Gasteiger partial charge on any atom is 0.255 e. The summed E-state index contributed by atoms with van der Waals surface area (Å²) in [6, 6.07) is 23.1. The van der Waals surface area contributed by atoms with E-state index in [1.165, 1.54) is 0 Å². The molecule has 0 saturated heterocycles. The largest absolute Gasteiger partial charge is 0.508 e. The second-order valence-electron chi connectivity index (χ2n) is 9.26. The summed E-state index contributed by atoms with van der Waals surface area (Å²) in [5.41, 5.74) is 2.79. The van der Waals surface area contributed by atoms with Crippen LogP contribution in [0.25, 0.3) is 0 Å². The number of nitrogens with one attached hydrogen (secondary N) is 5. The first-order chi connectivity index (χ1) is 20.9. The number of ether oxygens (including phenoxy) is 2. The first-order valence-corrected chi connectivity index (χ1v) is 13.9. The molecule has 3 aromatic carbocycles. The number of carbonyl (C=O) groups is 2. The summed E-state index contributed by atoms with van der Waals surface area (Å²) >= 11 is 0. The highest BCUT2D eigenvalue weighted by Gasteiger charge is 2.09. The molecule has 0 aromatic heterocycles. The van der Waals surface area contributed by atoms with E-state index in [1.807, 2.05) is 56.3 Å². The Bertz CT molecular complexity index is 1320. The molecule has 0 spiro atoms. The summed E-state index contributed by atoms with van der Waals surface area (Å²) in [6.45, 7) is 6.35. The van der Waals surface area contributed by atoms with E-state index in [2.05, 4.69) is 31.6 Å². The Morgan fingerprint density at radius 2 is 1.51 bits per heavy atom. The lowest BCUT2D eigenvalue weighted by Crippen LogP contribution is -2.36. The molecule has 0 saturated carbocycles. The molecule has 6 N–H and O–H groups in total. The Morgan fingerprint density at radius 3 is 2.21 bits per heavy atom. The van der Waals surface area contributed by atoms with Crippen molar-refractivity contribution in [3.8, 4) is 5.75 Å². The number of benzene rings is 3. The van der Waals surface area contributed by atoms with Gasteiger partial charge in [-0.15, -0.1) is 0 Å². The van der Waals surface area contributed by atoms with E-state index in [0.717, 1.165) is 17.1 Å². The van der Waals surface area contributed by atoms with Crippen LogP contribution in [-0.2, 0) is 14.3 Å². The van der Waals surface area contributed by atoms with Crippen molar-refractivity contribution >= 4 is 41.2 Å². The number of para-hydroxylation sites is 1. The predicted molar refractivity (Wildman–Crippen MR) is 170 cm³/mol. The third-order valence-electron chi connectivity index (χ3n) is 5.74. The van der Waals surface area contributed by atoms with Gasteiger partial charge in [0.2, 0.25) is 12.4 Å². The van der Waals surface area contributed by atoms with Crippen molar-refractivity contribution in [2.75, 3.05) is 55.5 Å². The summed E-state index contributed by atoms with van der Waals surface area (Å²) in [5.74, 6) is 1.05. The van der Waals surface area contributed by atoms with E-state index in [-0.39, 0.29) is 17.8 Å². The number of aliphatic imine (C=N–C) groups is 2. The lowest BCUT2D eigenvalue weighted by Gasteiger charge is -2.17. The van der Waals surface area contributed by atoms with E-state index in [4.69, 9.17) is 14.5 Å². The van der Waals surface area contributed by atoms with E-state index >= 15 is 0 Å². The van der Waals surface area contributed by atoms with Crippen LogP contribution < -0.4 is 26.6 Å².